The predicted molar refractivity (Wildman–Crippen MR) is 133 cm³/mol. The van der Waals surface area contributed by atoms with E-state index in [1.54, 1.807) is 19.0 Å². The van der Waals surface area contributed by atoms with Crippen LogP contribution in [0.3, 0.4) is 0 Å². The van der Waals surface area contributed by atoms with E-state index in [1.165, 1.54) is 19.0 Å². The number of hydrogen-bond donors (Lipinski definition) is 6. The van der Waals surface area contributed by atoms with E-state index in [0.29, 0.717) is 0 Å². The minimum absolute atomic E-state index is 0.0343. The van der Waals surface area contributed by atoms with Crippen molar-refractivity contribution < 1.29 is 44.0 Å². The second kappa shape index (κ2) is 8.60. The number of phenolic OH excluding ortho intramolecular Hbond substituents is 1. The van der Waals surface area contributed by atoms with E-state index < -0.39 is 92.7 Å². The molecule has 0 aromatic heterocycles. The minimum Gasteiger partial charge on any atom is -0.510 e. The van der Waals surface area contributed by atoms with Crippen molar-refractivity contribution in [2.45, 2.75) is 36.9 Å². The average molecular weight is 545 g/mol. The van der Waals surface area contributed by atoms with Gasteiger partial charge in [0.15, 0.2) is 17.1 Å². The molecule has 39 heavy (non-hydrogen) atoms. The quantitative estimate of drug-likeness (QED) is 0.217. The Morgan fingerprint density at radius 2 is 1.69 bits per heavy atom. The molecule has 0 saturated carbocycles. The Bertz CT molecular complexity index is 1450. The number of fused-ring (bicyclic) bond motifs is 4. The summed E-state index contributed by atoms with van der Waals surface area (Å²) in [5.41, 5.74) is 0.388. The van der Waals surface area contributed by atoms with Gasteiger partial charge in [-0.1, -0.05) is 0 Å². The van der Waals surface area contributed by atoms with E-state index in [1.807, 2.05) is 0 Å². The van der Waals surface area contributed by atoms with Gasteiger partial charge in [-0.05, 0) is 47.0 Å². The zero-order valence-electron chi connectivity index (χ0n) is 21.7. The molecule has 1 aromatic carbocycles. The number of benzene rings is 1. The topological polar surface area (TPSA) is 194 Å². The molecule has 1 unspecified atom stereocenters. The Morgan fingerprint density at radius 3 is 2.26 bits per heavy atom. The van der Waals surface area contributed by atoms with Gasteiger partial charge in [0.05, 0.1) is 23.3 Å². The Morgan fingerprint density at radius 1 is 1.05 bits per heavy atom. The van der Waals surface area contributed by atoms with Gasteiger partial charge in [-0.15, -0.1) is 0 Å². The number of carbonyl (C=O) groups excluding carboxylic acids is 4. The lowest BCUT2D eigenvalue weighted by Crippen LogP contribution is -2.63. The van der Waals surface area contributed by atoms with Crippen LogP contribution >= 0.6 is 0 Å². The van der Waals surface area contributed by atoms with Crippen molar-refractivity contribution in [1.29, 1.82) is 0 Å². The van der Waals surface area contributed by atoms with E-state index >= 15 is 4.39 Å². The van der Waals surface area contributed by atoms with Crippen LogP contribution in [0.15, 0.2) is 22.7 Å². The van der Waals surface area contributed by atoms with Gasteiger partial charge in [0.1, 0.15) is 22.9 Å². The Hall–Kier alpha value is -3.81. The van der Waals surface area contributed by atoms with Crippen LogP contribution < -0.4 is 11.1 Å². The van der Waals surface area contributed by atoms with E-state index in [9.17, 15) is 39.6 Å². The number of aliphatic hydroxyl groups is 3. The second-order valence-electron chi connectivity index (χ2n) is 11.0. The summed E-state index contributed by atoms with van der Waals surface area (Å²) in [7, 11) is 6.34. The number of anilines is 1. The highest BCUT2D eigenvalue weighted by Gasteiger charge is 2.63. The third-order valence-corrected chi connectivity index (χ3v) is 8.49. The average Bonchev–Trinajstić information content (AvgIpc) is 2.83. The van der Waals surface area contributed by atoms with Gasteiger partial charge in [-0.2, -0.15) is 0 Å². The number of halogens is 1. The van der Waals surface area contributed by atoms with Crippen LogP contribution in [0.1, 0.15) is 27.9 Å². The number of nitrogens with two attached hydrogens (primary N) is 1. The van der Waals surface area contributed by atoms with Gasteiger partial charge >= 0.3 is 0 Å². The number of hydrogen-bond acceptors (Lipinski definition) is 10. The Kier molecular flexibility index (Phi) is 5.90. The molecule has 3 aliphatic carbocycles. The molecule has 12 nitrogen and oxygen atoms in total. The van der Waals surface area contributed by atoms with Crippen LogP contribution in [-0.4, -0.2) is 99.5 Å². The SMILES string of the molecule is CN(C)C1Cc2c(F)c3c(c(O)c2NC1=O)C(=O)C1=C(O)[C@@]2(O)C(=O)C(C(N)=O)=C(O)[C@H](N(C)C)[C@H]2C[C@H]1C3. The molecule has 5 rings (SSSR count). The molecule has 0 spiro atoms. The number of rotatable bonds is 3. The van der Waals surface area contributed by atoms with Crippen molar-refractivity contribution in [3.05, 3.63) is 45.2 Å². The summed E-state index contributed by atoms with van der Waals surface area (Å²) < 4.78 is 16.0. The van der Waals surface area contributed by atoms with Gasteiger partial charge in [0.2, 0.25) is 11.7 Å². The summed E-state index contributed by atoms with van der Waals surface area (Å²) in [4.78, 5) is 54.7. The number of nitrogens with one attached hydrogen (secondary N) is 1. The molecule has 1 heterocycles. The number of likely N-dealkylation sites (N-methyl/N-ethyl adjacent to an activating group) is 2. The minimum atomic E-state index is -2.79. The molecule has 4 aliphatic rings. The third-order valence-electron chi connectivity index (χ3n) is 8.49. The number of aliphatic hydroxyl groups excluding tert-OH is 2. The van der Waals surface area contributed by atoms with E-state index in [2.05, 4.69) is 5.32 Å². The summed E-state index contributed by atoms with van der Waals surface area (Å²) >= 11 is 0. The summed E-state index contributed by atoms with van der Waals surface area (Å²) in [5, 5.41) is 47.3. The largest absolute Gasteiger partial charge is 0.510 e. The standard InChI is InChI=1S/C26H29FN4O8/c1-30(2)12-7-10-16(27)9-5-8-6-11-18(31(3)4)21(34)15(24(28)37)23(36)26(11,39)22(35)13(8)19(32)14(9)20(33)17(10)29-25(12)38/h8,11-12,18,33-35,39H,5-7H2,1-4H3,(H2,28,37)(H,29,38)/t8-,11-,12?,18-,26-/m1/s1. The third kappa shape index (κ3) is 3.39. The summed E-state index contributed by atoms with van der Waals surface area (Å²) in [6, 6.07) is -1.86. The first-order chi connectivity index (χ1) is 18.1. The maximum atomic E-state index is 16.0. The molecule has 1 aromatic rings. The monoisotopic (exact) mass is 544 g/mol. The molecule has 2 amide bonds. The Labute approximate surface area is 222 Å². The van der Waals surface area contributed by atoms with Crippen molar-refractivity contribution in [2.24, 2.45) is 17.6 Å². The van der Waals surface area contributed by atoms with Crippen molar-refractivity contribution in [3.63, 3.8) is 0 Å². The number of ketones is 2. The van der Waals surface area contributed by atoms with Crippen LogP contribution in [0.5, 0.6) is 5.75 Å². The second-order valence-corrected chi connectivity index (χ2v) is 11.0. The van der Waals surface area contributed by atoms with Crippen LogP contribution in [0.25, 0.3) is 0 Å². The van der Waals surface area contributed by atoms with Crippen molar-refractivity contribution >= 4 is 29.1 Å². The van der Waals surface area contributed by atoms with Gasteiger partial charge in [-0.3, -0.25) is 29.0 Å². The highest BCUT2D eigenvalue weighted by molar-refractivity contribution is 6.25. The van der Waals surface area contributed by atoms with Crippen molar-refractivity contribution in [1.82, 2.24) is 9.80 Å². The van der Waals surface area contributed by atoms with Crippen molar-refractivity contribution in [2.75, 3.05) is 33.5 Å². The molecule has 0 radical (unpaired) electrons. The summed E-state index contributed by atoms with van der Waals surface area (Å²) in [5.74, 6) is -9.51. The first kappa shape index (κ1) is 26.8. The summed E-state index contributed by atoms with van der Waals surface area (Å²) in [6.45, 7) is 0. The molecular formula is C26H29FN4O8. The number of Topliss-reactive ketones (excluding diaryl/α,β-unsaturated/α-hetero) is 2. The molecule has 1 aliphatic heterocycles. The zero-order chi connectivity index (χ0) is 28.9. The zero-order valence-corrected chi connectivity index (χ0v) is 21.7. The molecule has 5 atom stereocenters. The predicted octanol–water partition coefficient (Wildman–Crippen LogP) is -0.315. The maximum Gasteiger partial charge on any atom is 0.255 e. The number of primary amides is 1. The van der Waals surface area contributed by atoms with Gasteiger partial charge in [0, 0.05) is 29.0 Å². The number of allylic oxidation sites excluding steroid dienone is 1. The van der Waals surface area contributed by atoms with Gasteiger partial charge in [0.25, 0.3) is 5.91 Å². The maximum absolute atomic E-state index is 16.0. The van der Waals surface area contributed by atoms with E-state index in [0.717, 1.165) is 0 Å². The Balaban J connectivity index is 1.71. The van der Waals surface area contributed by atoms with Gasteiger partial charge in [-0.25, -0.2) is 4.39 Å². The van der Waals surface area contributed by atoms with Crippen LogP contribution in [0.2, 0.25) is 0 Å². The fourth-order valence-corrected chi connectivity index (χ4v) is 6.63. The number of amides is 2. The highest BCUT2D eigenvalue weighted by Crippen LogP contribution is 2.53. The molecule has 13 heteroatoms. The molecule has 7 N–H and O–H groups in total. The molecule has 0 fully saturated rings. The lowest BCUT2D eigenvalue weighted by Gasteiger charge is -2.50. The smallest absolute Gasteiger partial charge is 0.255 e. The lowest BCUT2D eigenvalue weighted by atomic mass is 9.58. The van der Waals surface area contributed by atoms with Crippen molar-refractivity contribution in [3.8, 4) is 5.75 Å². The first-order valence-electron chi connectivity index (χ1n) is 12.3. The molecule has 0 bridgehead atoms. The van der Waals surface area contributed by atoms with E-state index in [4.69, 9.17) is 5.73 Å². The first-order valence-corrected chi connectivity index (χ1v) is 12.3. The fourth-order valence-electron chi connectivity index (χ4n) is 6.63. The lowest BCUT2D eigenvalue weighted by molar-refractivity contribution is -0.148. The number of aromatic hydroxyl groups is 1. The number of phenols is 1. The van der Waals surface area contributed by atoms with Crippen LogP contribution in [0, 0.1) is 17.7 Å². The summed E-state index contributed by atoms with van der Waals surface area (Å²) in [6.07, 6.45) is -0.385. The highest BCUT2D eigenvalue weighted by atomic mass is 19.1. The molecular weight excluding hydrogens is 515 g/mol. The number of carbonyl (C=O) groups is 4. The van der Waals surface area contributed by atoms with Crippen LogP contribution in [-0.2, 0) is 27.2 Å². The fraction of sp³-hybridized carbons (Fsp3) is 0.462. The van der Waals surface area contributed by atoms with Crippen LogP contribution in [0.4, 0.5) is 10.1 Å². The molecule has 208 valence electrons. The number of nitrogens with zero attached hydrogens (tertiary/aromatic N) is 2. The normalized spacial score (nSPS) is 30.2. The molecule has 0 saturated heterocycles. The van der Waals surface area contributed by atoms with Gasteiger partial charge < -0.3 is 31.5 Å². The van der Waals surface area contributed by atoms with E-state index in [-0.39, 0.29) is 36.1 Å².